The lowest BCUT2D eigenvalue weighted by Gasteiger charge is -2.22. The Morgan fingerprint density at radius 3 is 2.89 bits per heavy atom. The number of halogens is 2. The first-order chi connectivity index (χ1) is 8.16. The molecule has 1 amide bonds. The fourth-order valence-corrected chi connectivity index (χ4v) is 2.55. The summed E-state index contributed by atoms with van der Waals surface area (Å²) in [5.41, 5.74) is 1.99. The zero-order chi connectivity index (χ0) is 12.3. The van der Waals surface area contributed by atoms with Crippen molar-refractivity contribution in [2.75, 3.05) is 18.4 Å². The van der Waals surface area contributed by atoms with Gasteiger partial charge in [0.25, 0.3) is 0 Å². The zero-order valence-corrected chi connectivity index (χ0v) is 12.7. The lowest BCUT2D eigenvalue weighted by molar-refractivity contribution is -0.120. The standard InChI is InChI=1S/C13H17BrN2O.ClH/c1-9-7-11(14)4-5-12(9)16-13(17)10-3-2-6-15-8-10;/h4-5,7,10,15H,2-3,6,8H2,1H3,(H,16,17);1H. The molecular formula is C13H18BrClN2O. The maximum atomic E-state index is 12.0. The van der Waals surface area contributed by atoms with Crippen molar-refractivity contribution in [2.24, 2.45) is 5.92 Å². The smallest absolute Gasteiger partial charge is 0.228 e. The molecule has 0 aliphatic carbocycles. The highest BCUT2D eigenvalue weighted by Gasteiger charge is 2.21. The maximum absolute atomic E-state index is 12.0. The van der Waals surface area contributed by atoms with Crippen LogP contribution in [0.5, 0.6) is 0 Å². The Hall–Kier alpha value is -0.580. The van der Waals surface area contributed by atoms with Gasteiger partial charge in [-0.3, -0.25) is 4.79 Å². The minimum atomic E-state index is 0. The predicted octanol–water partition coefficient (Wildman–Crippen LogP) is 3.12. The van der Waals surface area contributed by atoms with E-state index >= 15 is 0 Å². The maximum Gasteiger partial charge on any atom is 0.228 e. The van der Waals surface area contributed by atoms with E-state index in [1.807, 2.05) is 25.1 Å². The second-order valence-electron chi connectivity index (χ2n) is 4.49. The van der Waals surface area contributed by atoms with E-state index in [2.05, 4.69) is 26.6 Å². The highest BCUT2D eigenvalue weighted by molar-refractivity contribution is 9.10. The summed E-state index contributed by atoms with van der Waals surface area (Å²) >= 11 is 3.42. The van der Waals surface area contributed by atoms with Crippen LogP contribution in [0.4, 0.5) is 5.69 Å². The van der Waals surface area contributed by atoms with E-state index in [9.17, 15) is 4.79 Å². The van der Waals surface area contributed by atoms with Crippen molar-refractivity contribution in [3.8, 4) is 0 Å². The predicted molar refractivity (Wildman–Crippen MR) is 80.4 cm³/mol. The number of rotatable bonds is 2. The summed E-state index contributed by atoms with van der Waals surface area (Å²) in [5.74, 6) is 0.231. The molecule has 1 saturated heterocycles. The van der Waals surface area contributed by atoms with Crippen LogP contribution in [0.3, 0.4) is 0 Å². The Bertz CT molecular complexity index is 419. The van der Waals surface area contributed by atoms with E-state index < -0.39 is 0 Å². The molecule has 1 aliphatic rings. The molecule has 0 radical (unpaired) electrons. The van der Waals surface area contributed by atoms with Gasteiger partial charge in [-0.25, -0.2) is 0 Å². The fraction of sp³-hybridized carbons (Fsp3) is 0.462. The molecule has 1 aromatic rings. The summed E-state index contributed by atoms with van der Waals surface area (Å²) in [5, 5.41) is 6.26. The largest absolute Gasteiger partial charge is 0.326 e. The SMILES string of the molecule is Cc1cc(Br)ccc1NC(=O)C1CCCNC1.Cl. The summed E-state index contributed by atoms with van der Waals surface area (Å²) in [6.07, 6.45) is 2.06. The van der Waals surface area contributed by atoms with Gasteiger partial charge in [0.15, 0.2) is 0 Å². The van der Waals surface area contributed by atoms with Crippen LogP contribution < -0.4 is 10.6 Å². The monoisotopic (exact) mass is 332 g/mol. The third-order valence-corrected chi connectivity index (χ3v) is 3.61. The zero-order valence-electron chi connectivity index (χ0n) is 10.3. The van der Waals surface area contributed by atoms with Crippen LogP contribution >= 0.6 is 28.3 Å². The van der Waals surface area contributed by atoms with Crippen LogP contribution in [0.15, 0.2) is 22.7 Å². The molecule has 1 aliphatic heterocycles. The first-order valence-corrected chi connectivity index (χ1v) is 6.74. The van der Waals surface area contributed by atoms with E-state index in [1.165, 1.54) is 0 Å². The third-order valence-electron chi connectivity index (χ3n) is 3.11. The number of hydrogen-bond donors (Lipinski definition) is 2. The Kier molecular flexibility index (Phi) is 6.12. The molecule has 0 saturated carbocycles. The molecule has 0 bridgehead atoms. The van der Waals surface area contributed by atoms with Gasteiger partial charge in [-0.05, 0) is 50.1 Å². The van der Waals surface area contributed by atoms with Gasteiger partial charge in [0.05, 0.1) is 5.92 Å². The van der Waals surface area contributed by atoms with Crippen LogP contribution in [-0.4, -0.2) is 19.0 Å². The summed E-state index contributed by atoms with van der Waals surface area (Å²) in [7, 11) is 0. The second-order valence-corrected chi connectivity index (χ2v) is 5.41. The van der Waals surface area contributed by atoms with Gasteiger partial charge in [0, 0.05) is 16.7 Å². The number of carbonyl (C=O) groups is 1. The minimum Gasteiger partial charge on any atom is -0.326 e. The van der Waals surface area contributed by atoms with Crippen molar-refractivity contribution in [3.63, 3.8) is 0 Å². The molecule has 18 heavy (non-hydrogen) atoms. The summed E-state index contributed by atoms with van der Waals surface area (Å²) in [4.78, 5) is 12.0. The van der Waals surface area contributed by atoms with Crippen molar-refractivity contribution in [2.45, 2.75) is 19.8 Å². The second kappa shape index (κ2) is 7.12. The van der Waals surface area contributed by atoms with E-state index in [4.69, 9.17) is 0 Å². The molecule has 3 nitrogen and oxygen atoms in total. The number of anilines is 1. The van der Waals surface area contributed by atoms with Gasteiger partial charge < -0.3 is 10.6 Å². The van der Waals surface area contributed by atoms with E-state index in [0.717, 1.165) is 41.7 Å². The van der Waals surface area contributed by atoms with Crippen LogP contribution in [0, 0.1) is 12.8 Å². The molecule has 1 atom stereocenters. The highest BCUT2D eigenvalue weighted by atomic mass is 79.9. The van der Waals surface area contributed by atoms with Crippen LogP contribution in [-0.2, 0) is 4.79 Å². The molecule has 0 aromatic heterocycles. The molecule has 1 heterocycles. The van der Waals surface area contributed by atoms with E-state index in [0.29, 0.717) is 0 Å². The van der Waals surface area contributed by atoms with Crippen LogP contribution in [0.1, 0.15) is 18.4 Å². The number of benzene rings is 1. The minimum absolute atomic E-state index is 0. The van der Waals surface area contributed by atoms with Gasteiger partial charge in [-0.15, -0.1) is 12.4 Å². The normalized spacial score (nSPS) is 18.9. The van der Waals surface area contributed by atoms with E-state index in [-0.39, 0.29) is 24.2 Å². The highest BCUT2D eigenvalue weighted by Crippen LogP contribution is 2.21. The molecule has 2 N–H and O–H groups in total. The number of piperidine rings is 1. The molecule has 100 valence electrons. The van der Waals surface area contributed by atoms with Crippen molar-refractivity contribution >= 4 is 39.9 Å². The Labute approximate surface area is 122 Å². The van der Waals surface area contributed by atoms with Crippen molar-refractivity contribution in [1.29, 1.82) is 0 Å². The Morgan fingerprint density at radius 2 is 2.28 bits per heavy atom. The van der Waals surface area contributed by atoms with Gasteiger partial charge in [-0.1, -0.05) is 15.9 Å². The topological polar surface area (TPSA) is 41.1 Å². The average molecular weight is 334 g/mol. The summed E-state index contributed by atoms with van der Waals surface area (Å²) < 4.78 is 1.03. The third kappa shape index (κ3) is 3.97. The number of nitrogens with one attached hydrogen (secondary N) is 2. The lowest BCUT2D eigenvalue weighted by Crippen LogP contribution is -2.37. The molecule has 2 rings (SSSR count). The van der Waals surface area contributed by atoms with Crippen molar-refractivity contribution in [1.82, 2.24) is 5.32 Å². The first kappa shape index (κ1) is 15.5. The van der Waals surface area contributed by atoms with Crippen molar-refractivity contribution in [3.05, 3.63) is 28.2 Å². The van der Waals surface area contributed by atoms with Gasteiger partial charge in [-0.2, -0.15) is 0 Å². The van der Waals surface area contributed by atoms with Gasteiger partial charge in [0.1, 0.15) is 0 Å². The summed E-state index contributed by atoms with van der Waals surface area (Å²) in [6, 6.07) is 5.89. The van der Waals surface area contributed by atoms with E-state index in [1.54, 1.807) is 0 Å². The number of aryl methyl sites for hydroxylation is 1. The number of hydrogen-bond acceptors (Lipinski definition) is 2. The molecular weight excluding hydrogens is 316 g/mol. The number of amides is 1. The molecule has 1 unspecified atom stereocenters. The van der Waals surface area contributed by atoms with Crippen molar-refractivity contribution < 1.29 is 4.79 Å². The molecule has 0 spiro atoms. The Morgan fingerprint density at radius 1 is 1.50 bits per heavy atom. The average Bonchev–Trinajstić information content (AvgIpc) is 2.34. The quantitative estimate of drug-likeness (QED) is 0.873. The molecule has 5 heteroatoms. The first-order valence-electron chi connectivity index (χ1n) is 5.94. The number of carbonyl (C=O) groups excluding carboxylic acids is 1. The molecule has 1 aromatic carbocycles. The van der Waals surface area contributed by atoms with Gasteiger partial charge >= 0.3 is 0 Å². The van der Waals surface area contributed by atoms with Gasteiger partial charge in [0.2, 0.25) is 5.91 Å². The lowest BCUT2D eigenvalue weighted by atomic mass is 9.98. The molecule has 1 fully saturated rings. The summed E-state index contributed by atoms with van der Waals surface area (Å²) in [6.45, 7) is 3.82. The fourth-order valence-electron chi connectivity index (χ4n) is 2.08. The Balaban J connectivity index is 0.00000162. The van der Waals surface area contributed by atoms with Crippen LogP contribution in [0.2, 0.25) is 0 Å². The van der Waals surface area contributed by atoms with Crippen LogP contribution in [0.25, 0.3) is 0 Å².